The maximum absolute atomic E-state index is 14.0. The maximum Gasteiger partial charge on any atom is 0.387 e. The molecule has 0 spiro atoms. The van der Waals surface area contributed by atoms with Crippen LogP contribution in [0.1, 0.15) is 32.3 Å². The Balaban J connectivity index is 1.47. The Morgan fingerprint density at radius 2 is 2.06 bits per heavy atom. The van der Waals surface area contributed by atoms with Gasteiger partial charge in [-0.1, -0.05) is 0 Å². The third-order valence-corrected chi connectivity index (χ3v) is 6.67. The summed E-state index contributed by atoms with van der Waals surface area (Å²) in [5.41, 5.74) is 13.7. The van der Waals surface area contributed by atoms with Crippen molar-refractivity contribution in [3.8, 4) is 5.75 Å². The summed E-state index contributed by atoms with van der Waals surface area (Å²) in [7, 11) is 0. The van der Waals surface area contributed by atoms with Crippen molar-refractivity contribution < 1.29 is 22.6 Å². The van der Waals surface area contributed by atoms with Crippen molar-refractivity contribution in [2.45, 2.75) is 51.6 Å². The van der Waals surface area contributed by atoms with E-state index in [0.717, 1.165) is 25.1 Å². The van der Waals surface area contributed by atoms with E-state index in [-0.39, 0.29) is 24.2 Å². The molecule has 10 heteroatoms. The molecule has 4 N–H and O–H groups in total. The van der Waals surface area contributed by atoms with Gasteiger partial charge in [0.1, 0.15) is 6.17 Å². The molecule has 1 aromatic rings. The molecule has 0 amide bonds. The SMILES string of the molecule is CC(C)N=C(C=C(N)c1cnc(N)c(OC(F)F)c1)C1[C@H]2CC(N3CCOCC(F)C3)C[C@@H]12. The summed E-state index contributed by atoms with van der Waals surface area (Å²) in [5.74, 6) is 0.937. The molecule has 5 atom stereocenters. The number of hydrogen-bond donors (Lipinski definition) is 2. The molecule has 3 aliphatic rings. The van der Waals surface area contributed by atoms with Gasteiger partial charge in [-0.05, 0) is 50.7 Å². The van der Waals surface area contributed by atoms with Gasteiger partial charge in [0, 0.05) is 54.3 Å². The number of nitrogens with two attached hydrogens (primary N) is 2. The van der Waals surface area contributed by atoms with Crippen molar-refractivity contribution in [3.63, 3.8) is 0 Å². The number of rotatable bonds is 7. The van der Waals surface area contributed by atoms with Gasteiger partial charge in [0.05, 0.1) is 13.2 Å². The number of nitrogens with zero attached hydrogens (tertiary/aromatic N) is 3. The zero-order valence-corrected chi connectivity index (χ0v) is 19.0. The van der Waals surface area contributed by atoms with Crippen molar-refractivity contribution in [2.75, 3.05) is 32.0 Å². The summed E-state index contributed by atoms with van der Waals surface area (Å²) >= 11 is 0. The highest BCUT2D eigenvalue weighted by Crippen LogP contribution is 2.59. The number of nitrogen functional groups attached to an aromatic ring is 1. The molecule has 2 saturated carbocycles. The van der Waals surface area contributed by atoms with Gasteiger partial charge in [-0.25, -0.2) is 9.37 Å². The third-order valence-electron chi connectivity index (χ3n) is 6.67. The van der Waals surface area contributed by atoms with Crippen molar-refractivity contribution >= 4 is 17.2 Å². The van der Waals surface area contributed by atoms with E-state index in [1.807, 2.05) is 19.9 Å². The quantitative estimate of drug-likeness (QED) is 0.598. The molecule has 3 fully saturated rings. The van der Waals surface area contributed by atoms with Gasteiger partial charge in [0.25, 0.3) is 0 Å². The third kappa shape index (κ3) is 5.60. The number of aromatic nitrogens is 1. The van der Waals surface area contributed by atoms with Gasteiger partial charge < -0.3 is 20.9 Å². The number of hydrogen-bond acceptors (Lipinski definition) is 7. The predicted octanol–water partition coefficient (Wildman–Crippen LogP) is 3.11. The summed E-state index contributed by atoms with van der Waals surface area (Å²) in [6.07, 6.45) is 4.32. The minimum Gasteiger partial charge on any atom is -0.431 e. The maximum atomic E-state index is 14.0. The number of halogens is 3. The van der Waals surface area contributed by atoms with Crippen LogP contribution < -0.4 is 16.2 Å². The van der Waals surface area contributed by atoms with Gasteiger partial charge >= 0.3 is 6.61 Å². The molecule has 2 heterocycles. The van der Waals surface area contributed by atoms with E-state index in [0.29, 0.717) is 48.2 Å². The molecule has 182 valence electrons. The lowest BCUT2D eigenvalue weighted by atomic mass is 10.00. The predicted molar refractivity (Wildman–Crippen MR) is 121 cm³/mol. The first-order chi connectivity index (χ1) is 15.7. The van der Waals surface area contributed by atoms with Crippen molar-refractivity contribution in [2.24, 2.45) is 28.5 Å². The average Bonchev–Trinajstić information content (AvgIpc) is 3.32. The summed E-state index contributed by atoms with van der Waals surface area (Å²) in [5, 5.41) is 0. The topological polar surface area (TPSA) is 99.0 Å². The zero-order chi connectivity index (χ0) is 23.7. The van der Waals surface area contributed by atoms with Crippen LogP contribution in [0, 0.1) is 17.8 Å². The molecule has 33 heavy (non-hydrogen) atoms. The molecule has 4 rings (SSSR count). The molecule has 0 aromatic carbocycles. The van der Waals surface area contributed by atoms with Crippen LogP contribution in [0.25, 0.3) is 5.70 Å². The normalized spacial score (nSPS) is 31.1. The van der Waals surface area contributed by atoms with Gasteiger partial charge in [0.2, 0.25) is 0 Å². The van der Waals surface area contributed by atoms with Crippen LogP contribution in [0.15, 0.2) is 23.3 Å². The zero-order valence-electron chi connectivity index (χ0n) is 19.0. The number of aliphatic imine (C=N–C) groups is 1. The Labute approximate surface area is 192 Å². The Hall–Kier alpha value is -2.33. The fourth-order valence-corrected chi connectivity index (χ4v) is 5.24. The minimum absolute atomic E-state index is 0.0819. The second-order valence-corrected chi connectivity index (χ2v) is 9.38. The molecule has 1 aliphatic heterocycles. The monoisotopic (exact) mass is 467 g/mol. The van der Waals surface area contributed by atoms with E-state index in [2.05, 4.69) is 14.6 Å². The van der Waals surface area contributed by atoms with E-state index in [4.69, 9.17) is 21.2 Å². The average molecular weight is 468 g/mol. The van der Waals surface area contributed by atoms with E-state index < -0.39 is 12.8 Å². The highest BCUT2D eigenvalue weighted by atomic mass is 19.3. The molecule has 7 nitrogen and oxygen atoms in total. The molecule has 1 aromatic heterocycles. The molecule has 2 aliphatic carbocycles. The number of pyridine rings is 1. The summed E-state index contributed by atoms with van der Waals surface area (Å²) in [6, 6.07) is 1.82. The van der Waals surface area contributed by atoms with Crippen LogP contribution in [-0.4, -0.2) is 66.8 Å². The standard InChI is InChI=1S/C23H32F3N5O2/c1-12(2)30-19(8-18(27)13-5-20(33-23(25)26)22(28)29-9-13)21-16-6-15(7-17(16)21)31-3-4-32-11-14(24)10-31/h5,8-9,12,14-17,21,23H,3-4,6-7,10-11,27H2,1-2H3,(H2,28,29)/t14?,15?,16-,17+,21?. The van der Waals surface area contributed by atoms with E-state index in [1.54, 1.807) is 0 Å². The lowest BCUT2D eigenvalue weighted by molar-refractivity contribution is -0.0495. The van der Waals surface area contributed by atoms with Crippen molar-refractivity contribution in [1.82, 2.24) is 9.88 Å². The first kappa shape index (κ1) is 23.8. The molecule has 0 bridgehead atoms. The highest BCUT2D eigenvalue weighted by Gasteiger charge is 2.58. The largest absolute Gasteiger partial charge is 0.431 e. The summed E-state index contributed by atoms with van der Waals surface area (Å²) < 4.78 is 49.0. The molecule has 0 radical (unpaired) electrons. The Bertz CT molecular complexity index is 898. The second-order valence-electron chi connectivity index (χ2n) is 9.38. The van der Waals surface area contributed by atoms with Crippen LogP contribution in [0.3, 0.4) is 0 Å². The number of anilines is 1. The van der Waals surface area contributed by atoms with Gasteiger partial charge in [-0.3, -0.25) is 9.89 Å². The van der Waals surface area contributed by atoms with E-state index in [1.165, 1.54) is 12.3 Å². The van der Waals surface area contributed by atoms with Gasteiger partial charge in [0.15, 0.2) is 11.6 Å². The molecular formula is C23H32F3N5O2. The van der Waals surface area contributed by atoms with Crippen LogP contribution in [-0.2, 0) is 4.74 Å². The second kappa shape index (κ2) is 9.89. The number of alkyl halides is 3. The lowest BCUT2D eigenvalue weighted by Gasteiger charge is -2.29. The molecule has 1 saturated heterocycles. The van der Waals surface area contributed by atoms with Crippen LogP contribution in [0.4, 0.5) is 19.0 Å². The Morgan fingerprint density at radius 1 is 1.33 bits per heavy atom. The molecular weight excluding hydrogens is 435 g/mol. The fourth-order valence-electron chi connectivity index (χ4n) is 5.24. The van der Waals surface area contributed by atoms with Gasteiger partial charge in [-0.2, -0.15) is 8.78 Å². The highest BCUT2D eigenvalue weighted by molar-refractivity contribution is 6.04. The van der Waals surface area contributed by atoms with Crippen LogP contribution >= 0.6 is 0 Å². The van der Waals surface area contributed by atoms with E-state index in [9.17, 15) is 13.2 Å². The van der Waals surface area contributed by atoms with E-state index >= 15 is 0 Å². The number of allylic oxidation sites excluding steroid dienone is 1. The molecule has 3 unspecified atom stereocenters. The van der Waals surface area contributed by atoms with Gasteiger partial charge in [-0.15, -0.1) is 0 Å². The Morgan fingerprint density at radius 3 is 2.73 bits per heavy atom. The first-order valence-electron chi connectivity index (χ1n) is 11.4. The summed E-state index contributed by atoms with van der Waals surface area (Å²) in [4.78, 5) is 11.0. The summed E-state index contributed by atoms with van der Waals surface area (Å²) in [6.45, 7) is 2.95. The van der Waals surface area contributed by atoms with Crippen molar-refractivity contribution in [3.05, 3.63) is 23.9 Å². The first-order valence-corrected chi connectivity index (χ1v) is 11.4. The Kier molecular flexibility index (Phi) is 7.13. The fraction of sp³-hybridized carbons (Fsp3) is 0.652. The minimum atomic E-state index is -3.00. The lowest BCUT2D eigenvalue weighted by Crippen LogP contribution is -2.39. The van der Waals surface area contributed by atoms with Crippen LogP contribution in [0.5, 0.6) is 5.75 Å². The van der Waals surface area contributed by atoms with Crippen molar-refractivity contribution in [1.29, 1.82) is 0 Å². The number of fused-ring (bicyclic) bond motifs is 1. The number of ether oxygens (including phenoxy) is 2. The van der Waals surface area contributed by atoms with Crippen LogP contribution in [0.2, 0.25) is 0 Å². The smallest absolute Gasteiger partial charge is 0.387 e.